The molecule has 0 bridgehead atoms. The summed E-state index contributed by atoms with van der Waals surface area (Å²) in [5.74, 6) is 0.333. The van der Waals surface area contributed by atoms with Crippen molar-refractivity contribution in [2.45, 2.75) is 40.2 Å². The first-order valence-electron chi connectivity index (χ1n) is 6.36. The lowest BCUT2D eigenvalue weighted by molar-refractivity contribution is -0.141. The Hall–Kier alpha value is -1.51. The highest BCUT2D eigenvalue weighted by Gasteiger charge is 2.31. The van der Waals surface area contributed by atoms with E-state index in [1.54, 1.807) is 24.1 Å². The Balaban J connectivity index is 2.95. The first-order valence-corrected chi connectivity index (χ1v) is 6.36. The fourth-order valence-corrected chi connectivity index (χ4v) is 1.85. The molecule has 1 unspecified atom stereocenters. The van der Waals surface area contributed by atoms with E-state index in [-0.39, 0.29) is 23.1 Å². The van der Waals surface area contributed by atoms with Crippen molar-refractivity contribution < 1.29 is 9.90 Å². The molecular formula is C15H23NO2. The molecule has 3 nitrogen and oxygen atoms in total. The van der Waals surface area contributed by atoms with Crippen molar-refractivity contribution in [2.24, 2.45) is 5.41 Å². The molecule has 0 heterocycles. The van der Waals surface area contributed by atoms with Crippen LogP contribution in [0.15, 0.2) is 24.3 Å². The summed E-state index contributed by atoms with van der Waals surface area (Å²) < 4.78 is 0. The third-order valence-electron chi connectivity index (χ3n) is 3.75. The number of hydrogen-bond donors (Lipinski definition) is 1. The van der Waals surface area contributed by atoms with Gasteiger partial charge in [-0.3, -0.25) is 4.79 Å². The Morgan fingerprint density at radius 2 is 1.94 bits per heavy atom. The Bertz CT molecular complexity index is 426. The number of aromatic hydroxyl groups is 1. The molecule has 1 N–H and O–H groups in total. The monoisotopic (exact) mass is 249 g/mol. The molecule has 1 aromatic carbocycles. The van der Waals surface area contributed by atoms with E-state index in [1.165, 1.54) is 0 Å². The quantitative estimate of drug-likeness (QED) is 0.889. The van der Waals surface area contributed by atoms with Gasteiger partial charge in [-0.25, -0.2) is 0 Å². The number of phenolic OH excluding ortho intramolecular Hbond substituents is 1. The fraction of sp³-hybridized carbons (Fsp3) is 0.533. The average Bonchev–Trinajstić information content (AvgIpc) is 2.36. The van der Waals surface area contributed by atoms with Crippen LogP contribution in [0, 0.1) is 5.41 Å². The van der Waals surface area contributed by atoms with E-state index < -0.39 is 0 Å². The van der Waals surface area contributed by atoms with Crippen LogP contribution < -0.4 is 0 Å². The molecule has 0 spiro atoms. The lowest BCUT2D eigenvalue weighted by atomic mass is 9.88. The average molecular weight is 249 g/mol. The van der Waals surface area contributed by atoms with Crippen molar-refractivity contribution in [3.05, 3.63) is 29.8 Å². The zero-order valence-corrected chi connectivity index (χ0v) is 11.9. The fourth-order valence-electron chi connectivity index (χ4n) is 1.85. The van der Waals surface area contributed by atoms with Crippen LogP contribution in [0.3, 0.4) is 0 Å². The molecule has 18 heavy (non-hydrogen) atoms. The van der Waals surface area contributed by atoms with Gasteiger partial charge >= 0.3 is 0 Å². The Morgan fingerprint density at radius 1 is 1.39 bits per heavy atom. The lowest BCUT2D eigenvalue weighted by Crippen LogP contribution is -2.39. The van der Waals surface area contributed by atoms with E-state index in [1.807, 2.05) is 39.8 Å². The Morgan fingerprint density at radius 3 is 2.44 bits per heavy atom. The van der Waals surface area contributed by atoms with E-state index in [0.717, 1.165) is 12.0 Å². The zero-order chi connectivity index (χ0) is 13.9. The van der Waals surface area contributed by atoms with Gasteiger partial charge in [-0.05, 0) is 19.4 Å². The Kier molecular flexibility index (Phi) is 4.38. The van der Waals surface area contributed by atoms with Gasteiger partial charge in [0.05, 0.1) is 6.04 Å². The number of amides is 1. The van der Waals surface area contributed by atoms with Crippen molar-refractivity contribution in [3.8, 4) is 5.75 Å². The third-order valence-corrected chi connectivity index (χ3v) is 3.75. The van der Waals surface area contributed by atoms with E-state index in [9.17, 15) is 9.90 Å². The maximum absolute atomic E-state index is 12.4. The maximum Gasteiger partial charge on any atom is 0.228 e. The predicted molar refractivity (Wildman–Crippen MR) is 73.4 cm³/mol. The molecule has 3 heteroatoms. The van der Waals surface area contributed by atoms with E-state index >= 15 is 0 Å². The number of hydrogen-bond acceptors (Lipinski definition) is 2. The van der Waals surface area contributed by atoms with Gasteiger partial charge in [0.2, 0.25) is 5.91 Å². The minimum atomic E-state index is -0.368. The summed E-state index contributed by atoms with van der Waals surface area (Å²) in [5, 5.41) is 9.83. The van der Waals surface area contributed by atoms with Crippen LogP contribution in [0.25, 0.3) is 0 Å². The molecule has 0 aliphatic carbocycles. The highest BCUT2D eigenvalue weighted by molar-refractivity contribution is 5.82. The van der Waals surface area contributed by atoms with E-state index in [2.05, 4.69) is 0 Å². The summed E-state index contributed by atoms with van der Waals surface area (Å²) in [4.78, 5) is 14.1. The largest absolute Gasteiger partial charge is 0.508 e. The number of carbonyl (C=O) groups excluding carboxylic acids is 1. The SMILES string of the molecule is CCC(C)(C)C(=O)N(C)C(C)c1ccccc1O. The highest BCUT2D eigenvalue weighted by atomic mass is 16.3. The van der Waals surface area contributed by atoms with Gasteiger partial charge in [0.15, 0.2) is 0 Å². The molecule has 0 fully saturated rings. The van der Waals surface area contributed by atoms with Crippen molar-refractivity contribution in [1.82, 2.24) is 4.90 Å². The molecule has 1 amide bonds. The van der Waals surface area contributed by atoms with Crippen molar-refractivity contribution in [1.29, 1.82) is 0 Å². The van der Waals surface area contributed by atoms with Gasteiger partial charge in [-0.15, -0.1) is 0 Å². The second-order valence-electron chi connectivity index (χ2n) is 5.39. The summed E-state index contributed by atoms with van der Waals surface area (Å²) in [5.41, 5.74) is 0.410. The second-order valence-corrected chi connectivity index (χ2v) is 5.39. The first kappa shape index (κ1) is 14.6. The van der Waals surface area contributed by atoms with Crippen LogP contribution in [0.4, 0.5) is 0 Å². The van der Waals surface area contributed by atoms with E-state index in [4.69, 9.17) is 0 Å². The van der Waals surface area contributed by atoms with Crippen LogP contribution >= 0.6 is 0 Å². The maximum atomic E-state index is 12.4. The van der Waals surface area contributed by atoms with Crippen LogP contribution in [0.5, 0.6) is 5.75 Å². The number of para-hydroxylation sites is 1. The smallest absolute Gasteiger partial charge is 0.228 e. The third kappa shape index (κ3) is 2.84. The van der Waals surface area contributed by atoms with E-state index in [0.29, 0.717) is 0 Å². The minimum Gasteiger partial charge on any atom is -0.508 e. The van der Waals surface area contributed by atoms with Gasteiger partial charge in [0, 0.05) is 18.0 Å². The topological polar surface area (TPSA) is 40.5 Å². The molecular weight excluding hydrogens is 226 g/mol. The van der Waals surface area contributed by atoms with Crippen LogP contribution in [0.1, 0.15) is 45.7 Å². The number of benzene rings is 1. The van der Waals surface area contributed by atoms with Gasteiger partial charge in [0.25, 0.3) is 0 Å². The molecule has 100 valence electrons. The molecule has 0 aromatic heterocycles. The van der Waals surface area contributed by atoms with Gasteiger partial charge < -0.3 is 10.0 Å². The zero-order valence-electron chi connectivity index (χ0n) is 11.9. The molecule has 0 saturated heterocycles. The summed E-state index contributed by atoms with van der Waals surface area (Å²) >= 11 is 0. The van der Waals surface area contributed by atoms with Crippen molar-refractivity contribution >= 4 is 5.91 Å². The number of phenols is 1. The van der Waals surface area contributed by atoms with Crippen LogP contribution in [0.2, 0.25) is 0 Å². The van der Waals surface area contributed by atoms with Crippen LogP contribution in [-0.2, 0) is 4.79 Å². The summed E-state index contributed by atoms with van der Waals surface area (Å²) in [6, 6.07) is 7.01. The predicted octanol–water partition coefficient (Wildman–Crippen LogP) is 3.35. The standard InChI is InChI=1S/C15H23NO2/c1-6-15(3,4)14(18)16(5)11(2)12-9-7-8-10-13(12)17/h7-11,17H,6H2,1-5H3. The lowest BCUT2D eigenvalue weighted by Gasteiger charge is -2.33. The normalized spacial score (nSPS) is 13.2. The molecule has 1 atom stereocenters. The first-order chi connectivity index (χ1) is 8.31. The molecule has 0 aliphatic rings. The molecule has 0 aliphatic heterocycles. The summed E-state index contributed by atoms with van der Waals surface area (Å²) in [6.45, 7) is 7.84. The summed E-state index contributed by atoms with van der Waals surface area (Å²) in [6.07, 6.45) is 0.795. The summed E-state index contributed by atoms with van der Waals surface area (Å²) in [7, 11) is 1.79. The Labute approximate surface area is 109 Å². The minimum absolute atomic E-state index is 0.0979. The van der Waals surface area contributed by atoms with Crippen LogP contribution in [-0.4, -0.2) is 23.0 Å². The molecule has 1 aromatic rings. The number of rotatable bonds is 4. The van der Waals surface area contributed by atoms with Crippen molar-refractivity contribution in [2.75, 3.05) is 7.05 Å². The number of nitrogens with zero attached hydrogens (tertiary/aromatic N) is 1. The molecule has 0 radical (unpaired) electrons. The van der Waals surface area contributed by atoms with Gasteiger partial charge in [0.1, 0.15) is 5.75 Å². The van der Waals surface area contributed by atoms with Gasteiger partial charge in [-0.2, -0.15) is 0 Å². The molecule has 1 rings (SSSR count). The highest BCUT2D eigenvalue weighted by Crippen LogP contribution is 2.31. The second kappa shape index (κ2) is 5.42. The molecule has 0 saturated carbocycles. The van der Waals surface area contributed by atoms with Crippen molar-refractivity contribution in [3.63, 3.8) is 0 Å². The van der Waals surface area contributed by atoms with Gasteiger partial charge in [-0.1, -0.05) is 39.0 Å². The number of carbonyl (C=O) groups is 1.